The zero-order valence-electron chi connectivity index (χ0n) is 11.1. The van der Waals surface area contributed by atoms with E-state index >= 15 is 0 Å². The summed E-state index contributed by atoms with van der Waals surface area (Å²) in [6, 6.07) is -0.483. The molecule has 0 bridgehead atoms. The van der Waals surface area contributed by atoms with Crippen molar-refractivity contribution < 1.29 is 14.7 Å². The smallest absolute Gasteiger partial charge is 0.320 e. The third kappa shape index (κ3) is 3.68. The molecule has 104 valence electrons. The molecule has 6 heteroatoms. The number of carbonyl (C=O) groups is 2. The normalized spacial score (nSPS) is 20.5. The van der Waals surface area contributed by atoms with Gasteiger partial charge in [0.15, 0.2) is 0 Å². The number of nitrogens with two attached hydrogens (primary N) is 1. The number of hydrogen-bond donors (Lipinski definition) is 2. The van der Waals surface area contributed by atoms with Crippen LogP contribution in [-0.2, 0) is 9.59 Å². The summed E-state index contributed by atoms with van der Waals surface area (Å²) < 4.78 is 0. The summed E-state index contributed by atoms with van der Waals surface area (Å²) in [5.41, 5.74) is 5.45. The van der Waals surface area contributed by atoms with Crippen LogP contribution in [0.1, 0.15) is 20.3 Å². The second-order valence-corrected chi connectivity index (χ2v) is 4.85. The van der Waals surface area contributed by atoms with E-state index in [9.17, 15) is 9.59 Å². The molecule has 2 atom stereocenters. The van der Waals surface area contributed by atoms with Gasteiger partial charge in [-0.2, -0.15) is 0 Å². The van der Waals surface area contributed by atoms with Crippen molar-refractivity contribution in [1.29, 1.82) is 0 Å². The van der Waals surface area contributed by atoms with Gasteiger partial charge in [0.25, 0.3) is 0 Å². The van der Waals surface area contributed by atoms with Crippen molar-refractivity contribution in [3.8, 4) is 0 Å². The van der Waals surface area contributed by atoms with E-state index in [1.165, 1.54) is 0 Å². The molecule has 3 N–H and O–H groups in total. The lowest BCUT2D eigenvalue weighted by molar-refractivity contribution is -0.144. The highest BCUT2D eigenvalue weighted by Gasteiger charge is 2.28. The molecule has 1 saturated heterocycles. The fourth-order valence-electron chi connectivity index (χ4n) is 2.17. The molecule has 1 heterocycles. The molecular weight excluding hydrogens is 234 g/mol. The van der Waals surface area contributed by atoms with Crippen LogP contribution in [-0.4, -0.2) is 65.5 Å². The molecule has 1 aliphatic heterocycles. The van der Waals surface area contributed by atoms with Crippen LogP contribution in [0.15, 0.2) is 0 Å². The molecule has 18 heavy (non-hydrogen) atoms. The third-order valence-electron chi connectivity index (χ3n) is 3.55. The maximum absolute atomic E-state index is 12.0. The fourth-order valence-corrected chi connectivity index (χ4v) is 2.17. The van der Waals surface area contributed by atoms with Gasteiger partial charge in [-0.05, 0) is 19.9 Å². The number of carbonyl (C=O) groups excluding carboxylic acids is 1. The standard InChI is InChI=1S/C12H23N3O3/c1-9(3-4-13)11(16)15-7-5-14(6-8-15)10(2)12(17)18/h9-10H,3-8,13H2,1-2H3,(H,17,18). The lowest BCUT2D eigenvalue weighted by atomic mass is 10.1. The summed E-state index contributed by atoms with van der Waals surface area (Å²) >= 11 is 0. The van der Waals surface area contributed by atoms with Gasteiger partial charge in [-0.3, -0.25) is 14.5 Å². The minimum atomic E-state index is -0.814. The number of carboxylic acid groups (broad SMARTS) is 1. The Morgan fingerprint density at radius 3 is 2.22 bits per heavy atom. The van der Waals surface area contributed by atoms with E-state index < -0.39 is 12.0 Å². The van der Waals surface area contributed by atoms with Crippen LogP contribution in [0, 0.1) is 5.92 Å². The zero-order valence-corrected chi connectivity index (χ0v) is 11.1. The number of piperazine rings is 1. The third-order valence-corrected chi connectivity index (χ3v) is 3.55. The molecule has 1 rings (SSSR count). The molecule has 0 radical (unpaired) electrons. The van der Waals surface area contributed by atoms with E-state index in [0.717, 1.165) is 0 Å². The Kier molecular flexibility index (Phi) is 5.55. The topological polar surface area (TPSA) is 86.9 Å². The molecule has 0 aromatic rings. The van der Waals surface area contributed by atoms with Crippen LogP contribution in [0.2, 0.25) is 0 Å². The second-order valence-electron chi connectivity index (χ2n) is 4.85. The summed E-state index contributed by atoms with van der Waals surface area (Å²) in [4.78, 5) is 26.6. The first-order chi connectivity index (χ1) is 8.47. The molecule has 0 aromatic carbocycles. The van der Waals surface area contributed by atoms with Crippen LogP contribution < -0.4 is 5.73 Å². The monoisotopic (exact) mass is 257 g/mol. The van der Waals surface area contributed by atoms with E-state index in [0.29, 0.717) is 39.1 Å². The Hall–Kier alpha value is -1.14. The van der Waals surface area contributed by atoms with Gasteiger partial charge in [0.1, 0.15) is 6.04 Å². The van der Waals surface area contributed by atoms with Crippen molar-refractivity contribution in [3.05, 3.63) is 0 Å². The first-order valence-electron chi connectivity index (χ1n) is 6.43. The Labute approximate surface area is 108 Å². The molecule has 1 aliphatic rings. The lowest BCUT2D eigenvalue weighted by Crippen LogP contribution is -2.54. The number of carboxylic acids is 1. The molecule has 6 nitrogen and oxygen atoms in total. The van der Waals surface area contributed by atoms with Crippen molar-refractivity contribution in [2.75, 3.05) is 32.7 Å². The van der Waals surface area contributed by atoms with Crippen LogP contribution in [0.25, 0.3) is 0 Å². The largest absolute Gasteiger partial charge is 0.480 e. The van der Waals surface area contributed by atoms with Gasteiger partial charge in [-0.15, -0.1) is 0 Å². The molecule has 0 saturated carbocycles. The van der Waals surface area contributed by atoms with Crippen LogP contribution in [0.3, 0.4) is 0 Å². The first kappa shape index (κ1) is 14.9. The van der Waals surface area contributed by atoms with Gasteiger partial charge in [-0.1, -0.05) is 6.92 Å². The van der Waals surface area contributed by atoms with Crippen LogP contribution in [0.4, 0.5) is 0 Å². The predicted octanol–water partition coefficient (Wildman–Crippen LogP) is -0.411. The van der Waals surface area contributed by atoms with Crippen molar-refractivity contribution in [3.63, 3.8) is 0 Å². The molecule has 0 spiro atoms. The maximum Gasteiger partial charge on any atom is 0.320 e. The summed E-state index contributed by atoms with van der Waals surface area (Å²) in [5.74, 6) is -0.729. The van der Waals surface area contributed by atoms with Gasteiger partial charge < -0.3 is 15.7 Å². The molecule has 0 aliphatic carbocycles. The van der Waals surface area contributed by atoms with Crippen molar-refractivity contribution >= 4 is 11.9 Å². The number of nitrogens with zero attached hydrogens (tertiary/aromatic N) is 2. The van der Waals surface area contributed by atoms with Crippen molar-refractivity contribution in [2.24, 2.45) is 11.7 Å². The van der Waals surface area contributed by atoms with Gasteiger partial charge in [0.05, 0.1) is 0 Å². The highest BCUT2D eigenvalue weighted by molar-refractivity contribution is 5.78. The van der Waals surface area contributed by atoms with E-state index in [-0.39, 0.29) is 11.8 Å². The predicted molar refractivity (Wildman–Crippen MR) is 68.1 cm³/mol. The number of hydrogen-bond acceptors (Lipinski definition) is 4. The molecular formula is C12H23N3O3. The number of rotatable bonds is 5. The van der Waals surface area contributed by atoms with Crippen molar-refractivity contribution in [2.45, 2.75) is 26.3 Å². The highest BCUT2D eigenvalue weighted by atomic mass is 16.4. The lowest BCUT2D eigenvalue weighted by Gasteiger charge is -2.37. The zero-order chi connectivity index (χ0) is 13.7. The van der Waals surface area contributed by atoms with Crippen LogP contribution >= 0.6 is 0 Å². The Morgan fingerprint density at radius 1 is 1.22 bits per heavy atom. The summed E-state index contributed by atoms with van der Waals surface area (Å²) in [6.45, 7) is 6.53. The SMILES string of the molecule is CC(CCN)C(=O)N1CCN(C(C)C(=O)O)CC1. The van der Waals surface area contributed by atoms with Gasteiger partial charge in [0, 0.05) is 32.1 Å². The first-order valence-corrected chi connectivity index (χ1v) is 6.43. The second kappa shape index (κ2) is 6.70. The minimum Gasteiger partial charge on any atom is -0.480 e. The Bertz CT molecular complexity index is 301. The Morgan fingerprint density at radius 2 is 1.78 bits per heavy atom. The number of amides is 1. The van der Waals surface area contributed by atoms with Gasteiger partial charge in [0.2, 0.25) is 5.91 Å². The minimum absolute atomic E-state index is 0.0431. The van der Waals surface area contributed by atoms with Gasteiger partial charge >= 0.3 is 5.97 Å². The molecule has 1 amide bonds. The average Bonchev–Trinajstić information content (AvgIpc) is 2.37. The quantitative estimate of drug-likeness (QED) is 0.699. The molecule has 2 unspecified atom stereocenters. The maximum atomic E-state index is 12.0. The van der Waals surface area contributed by atoms with E-state index in [1.807, 2.05) is 16.7 Å². The van der Waals surface area contributed by atoms with E-state index in [4.69, 9.17) is 10.8 Å². The highest BCUT2D eigenvalue weighted by Crippen LogP contribution is 2.11. The summed E-state index contributed by atoms with van der Waals surface area (Å²) in [7, 11) is 0. The van der Waals surface area contributed by atoms with Crippen LogP contribution in [0.5, 0.6) is 0 Å². The fraction of sp³-hybridized carbons (Fsp3) is 0.833. The number of aliphatic carboxylic acids is 1. The average molecular weight is 257 g/mol. The van der Waals surface area contributed by atoms with Crippen molar-refractivity contribution in [1.82, 2.24) is 9.80 Å². The summed E-state index contributed by atoms with van der Waals surface area (Å²) in [6.07, 6.45) is 0.699. The molecule has 1 fully saturated rings. The van der Waals surface area contributed by atoms with E-state index in [2.05, 4.69) is 0 Å². The van der Waals surface area contributed by atoms with Gasteiger partial charge in [-0.25, -0.2) is 0 Å². The Balaban J connectivity index is 2.44. The molecule has 0 aromatic heterocycles. The van der Waals surface area contributed by atoms with E-state index in [1.54, 1.807) is 6.92 Å². The summed E-state index contributed by atoms with van der Waals surface area (Å²) in [5, 5.41) is 8.93.